The van der Waals surface area contributed by atoms with E-state index in [9.17, 15) is 13.2 Å². The minimum Gasteiger partial charge on any atom is -0.366 e. The highest BCUT2D eigenvalue weighted by molar-refractivity contribution is 5.92. The summed E-state index contributed by atoms with van der Waals surface area (Å²) in [6, 6.07) is 8.18. The normalized spacial score (nSPS) is 20.6. The molecule has 2 unspecified atom stereocenters. The number of nitrogens with zero attached hydrogens (tertiary/aromatic N) is 2. The van der Waals surface area contributed by atoms with Crippen LogP contribution in [-0.2, 0) is 6.18 Å². The van der Waals surface area contributed by atoms with Crippen molar-refractivity contribution in [2.45, 2.75) is 38.9 Å². The summed E-state index contributed by atoms with van der Waals surface area (Å²) >= 11 is 0. The fourth-order valence-electron chi connectivity index (χ4n) is 3.57. The zero-order chi connectivity index (χ0) is 18.0. The second-order valence-corrected chi connectivity index (χ2v) is 7.13. The van der Waals surface area contributed by atoms with Gasteiger partial charge in [0.2, 0.25) is 0 Å². The number of benzene rings is 1. The smallest absolute Gasteiger partial charge is 0.366 e. The van der Waals surface area contributed by atoms with Gasteiger partial charge in [-0.2, -0.15) is 13.2 Å². The number of piperidine rings is 1. The van der Waals surface area contributed by atoms with Gasteiger partial charge in [-0.15, -0.1) is 0 Å². The van der Waals surface area contributed by atoms with Crippen LogP contribution in [0.4, 0.5) is 19.0 Å². The fraction of sp³-hybridized carbons (Fsp3) is 0.526. The van der Waals surface area contributed by atoms with E-state index < -0.39 is 11.9 Å². The number of aromatic nitrogens is 1. The van der Waals surface area contributed by atoms with Crippen molar-refractivity contribution in [2.75, 3.05) is 25.0 Å². The van der Waals surface area contributed by atoms with Gasteiger partial charge in [0.25, 0.3) is 0 Å². The number of anilines is 1. The molecule has 1 aliphatic heterocycles. The molecular weight excluding hydrogens is 327 g/mol. The molecular formula is C19H24F3N3. The number of alkyl halides is 3. The Hall–Kier alpha value is -1.82. The molecule has 0 aliphatic carbocycles. The Balaban J connectivity index is 1.82. The van der Waals surface area contributed by atoms with Crippen LogP contribution in [0.1, 0.15) is 32.4 Å². The van der Waals surface area contributed by atoms with Gasteiger partial charge in [0.05, 0.1) is 0 Å². The summed E-state index contributed by atoms with van der Waals surface area (Å²) in [4.78, 5) is 6.24. The molecule has 1 aliphatic rings. The van der Waals surface area contributed by atoms with Crippen LogP contribution >= 0.6 is 0 Å². The third-order valence-corrected chi connectivity index (χ3v) is 4.69. The topological polar surface area (TPSA) is 28.2 Å². The lowest BCUT2D eigenvalue weighted by Gasteiger charge is -2.33. The molecule has 2 atom stereocenters. The number of fused-ring (bicyclic) bond motifs is 1. The van der Waals surface area contributed by atoms with Crippen LogP contribution in [0.2, 0.25) is 0 Å². The molecule has 1 aromatic carbocycles. The number of nitrogens with one attached hydrogen (secondary N) is 1. The lowest BCUT2D eigenvalue weighted by Crippen LogP contribution is -2.41. The number of pyridine rings is 1. The summed E-state index contributed by atoms with van der Waals surface area (Å²) in [6.45, 7) is 7.13. The van der Waals surface area contributed by atoms with Crippen molar-refractivity contribution in [3.8, 4) is 0 Å². The number of hydrogen-bond acceptors (Lipinski definition) is 3. The average Bonchev–Trinajstić information content (AvgIpc) is 2.54. The van der Waals surface area contributed by atoms with Gasteiger partial charge < -0.3 is 10.2 Å². The number of likely N-dealkylation sites (tertiary alicyclic amines) is 1. The second-order valence-electron chi connectivity index (χ2n) is 7.13. The first-order chi connectivity index (χ1) is 11.8. The predicted octanol–water partition coefficient (Wildman–Crippen LogP) is 4.79. The molecule has 1 N–H and O–H groups in total. The highest BCUT2D eigenvalue weighted by Crippen LogP contribution is 2.32. The van der Waals surface area contributed by atoms with E-state index in [-0.39, 0.29) is 6.04 Å². The van der Waals surface area contributed by atoms with E-state index in [4.69, 9.17) is 0 Å². The molecule has 1 saturated heterocycles. The monoisotopic (exact) mass is 351 g/mol. The summed E-state index contributed by atoms with van der Waals surface area (Å²) in [5.74, 6) is 0.983. The predicted molar refractivity (Wildman–Crippen MR) is 94.7 cm³/mol. The quantitative estimate of drug-likeness (QED) is 0.859. The van der Waals surface area contributed by atoms with Crippen LogP contribution in [0.3, 0.4) is 0 Å². The second kappa shape index (κ2) is 7.20. The third kappa shape index (κ3) is 4.42. The minimum absolute atomic E-state index is 0.0182. The van der Waals surface area contributed by atoms with E-state index in [0.717, 1.165) is 31.1 Å². The van der Waals surface area contributed by atoms with Gasteiger partial charge in [-0.05, 0) is 43.7 Å². The molecule has 2 heterocycles. The maximum atomic E-state index is 13.2. The molecule has 6 heteroatoms. The first-order valence-corrected chi connectivity index (χ1v) is 8.79. The number of hydrogen-bond donors (Lipinski definition) is 1. The number of halogens is 3. The van der Waals surface area contributed by atoms with Crippen molar-refractivity contribution in [1.29, 1.82) is 0 Å². The Kier molecular flexibility index (Phi) is 5.18. The summed E-state index contributed by atoms with van der Waals surface area (Å²) in [5, 5.41) is 4.47. The molecule has 0 saturated carbocycles. The zero-order valence-electron chi connectivity index (χ0n) is 14.6. The third-order valence-electron chi connectivity index (χ3n) is 4.69. The van der Waals surface area contributed by atoms with E-state index in [0.29, 0.717) is 17.1 Å². The molecule has 2 aromatic rings. The Morgan fingerprint density at radius 1 is 1.32 bits per heavy atom. The van der Waals surface area contributed by atoms with Crippen LogP contribution in [0.25, 0.3) is 10.8 Å². The Bertz CT molecular complexity index is 729. The van der Waals surface area contributed by atoms with Crippen molar-refractivity contribution in [3.63, 3.8) is 0 Å². The van der Waals surface area contributed by atoms with Crippen molar-refractivity contribution in [2.24, 2.45) is 5.92 Å². The van der Waals surface area contributed by atoms with Gasteiger partial charge in [0, 0.05) is 24.5 Å². The van der Waals surface area contributed by atoms with E-state index in [2.05, 4.69) is 22.1 Å². The Labute approximate surface area is 146 Å². The molecule has 136 valence electrons. The van der Waals surface area contributed by atoms with Crippen molar-refractivity contribution >= 4 is 16.6 Å². The Morgan fingerprint density at radius 2 is 2.08 bits per heavy atom. The van der Waals surface area contributed by atoms with Crippen LogP contribution in [0, 0.1) is 5.92 Å². The van der Waals surface area contributed by atoms with E-state index in [1.165, 1.54) is 12.8 Å². The molecule has 25 heavy (non-hydrogen) atoms. The molecule has 0 radical (unpaired) electrons. The van der Waals surface area contributed by atoms with Crippen molar-refractivity contribution in [3.05, 3.63) is 36.0 Å². The standard InChI is InChI=1S/C19H24F3N3/c1-13-6-5-9-25(11-13)12-14(2)23-18-16-8-4-3-7-15(16)10-17(24-18)19(20,21)22/h3-4,7-8,10,13-14H,5-6,9,11-12H2,1-2H3,(H,23,24). The van der Waals surface area contributed by atoms with Gasteiger partial charge in [0.1, 0.15) is 11.5 Å². The summed E-state index contributed by atoms with van der Waals surface area (Å²) in [7, 11) is 0. The maximum Gasteiger partial charge on any atom is 0.433 e. The van der Waals surface area contributed by atoms with E-state index in [1.807, 2.05) is 13.0 Å². The molecule has 0 spiro atoms. The highest BCUT2D eigenvalue weighted by atomic mass is 19.4. The molecule has 3 rings (SSSR count). The molecule has 3 nitrogen and oxygen atoms in total. The average molecular weight is 351 g/mol. The lowest BCUT2D eigenvalue weighted by molar-refractivity contribution is -0.141. The highest BCUT2D eigenvalue weighted by Gasteiger charge is 2.33. The van der Waals surface area contributed by atoms with Gasteiger partial charge >= 0.3 is 6.18 Å². The van der Waals surface area contributed by atoms with Crippen molar-refractivity contribution in [1.82, 2.24) is 9.88 Å². The zero-order valence-corrected chi connectivity index (χ0v) is 14.6. The summed E-state index contributed by atoms with van der Waals surface area (Å²) < 4.78 is 39.5. The molecule has 0 bridgehead atoms. The van der Waals surface area contributed by atoms with Gasteiger partial charge in [-0.25, -0.2) is 4.98 Å². The fourth-order valence-corrected chi connectivity index (χ4v) is 3.57. The van der Waals surface area contributed by atoms with E-state index in [1.54, 1.807) is 18.2 Å². The largest absolute Gasteiger partial charge is 0.433 e. The Morgan fingerprint density at radius 3 is 2.80 bits per heavy atom. The lowest BCUT2D eigenvalue weighted by atomic mass is 10.00. The molecule has 0 amide bonds. The minimum atomic E-state index is -4.45. The van der Waals surface area contributed by atoms with E-state index >= 15 is 0 Å². The molecule has 1 aromatic heterocycles. The summed E-state index contributed by atoms with van der Waals surface area (Å²) in [6.07, 6.45) is -2.03. The van der Waals surface area contributed by atoms with Crippen LogP contribution in [0.15, 0.2) is 30.3 Å². The molecule has 1 fully saturated rings. The SMILES string of the molecule is CC1CCCN(CC(C)Nc2nc(C(F)(F)F)cc3ccccc23)C1. The van der Waals surface area contributed by atoms with Crippen LogP contribution in [0.5, 0.6) is 0 Å². The van der Waals surface area contributed by atoms with Crippen LogP contribution in [-0.4, -0.2) is 35.6 Å². The number of rotatable bonds is 4. The first kappa shape index (κ1) is 18.0. The van der Waals surface area contributed by atoms with Crippen molar-refractivity contribution < 1.29 is 13.2 Å². The maximum absolute atomic E-state index is 13.2. The van der Waals surface area contributed by atoms with Gasteiger partial charge in [0.15, 0.2) is 0 Å². The van der Waals surface area contributed by atoms with Gasteiger partial charge in [-0.1, -0.05) is 31.2 Å². The first-order valence-electron chi connectivity index (χ1n) is 8.79. The van der Waals surface area contributed by atoms with Crippen LogP contribution < -0.4 is 5.32 Å². The summed E-state index contributed by atoms with van der Waals surface area (Å²) in [5.41, 5.74) is -0.854. The van der Waals surface area contributed by atoms with Gasteiger partial charge in [-0.3, -0.25) is 0 Å².